The molecule has 0 heterocycles. The lowest BCUT2D eigenvalue weighted by molar-refractivity contribution is -0.159. The monoisotopic (exact) mass is 244 g/mol. The van der Waals surface area contributed by atoms with Crippen molar-refractivity contribution in [2.24, 2.45) is 5.92 Å². The van der Waals surface area contributed by atoms with Crippen molar-refractivity contribution in [1.82, 2.24) is 0 Å². The van der Waals surface area contributed by atoms with Gasteiger partial charge in [0.2, 0.25) is 0 Å². The van der Waals surface area contributed by atoms with Gasteiger partial charge in [-0.05, 0) is 25.5 Å². The fraction of sp³-hybridized carbons (Fsp3) is 0.556. The van der Waals surface area contributed by atoms with Crippen molar-refractivity contribution in [2.75, 3.05) is 0 Å². The molecule has 0 saturated carbocycles. The van der Waals surface area contributed by atoms with Gasteiger partial charge in [-0.15, -0.1) is 11.6 Å². The number of hydrogen-bond acceptors (Lipinski definition) is 0. The second-order valence-corrected chi connectivity index (χ2v) is 4.25. The maximum Gasteiger partial charge on any atom is 0.395 e. The summed E-state index contributed by atoms with van der Waals surface area (Å²) in [7, 11) is 0. The van der Waals surface area contributed by atoms with Gasteiger partial charge in [0.15, 0.2) is 0 Å². The molecule has 0 nitrogen and oxygen atoms in total. The molecule has 0 unspecified atom stereocenters. The van der Waals surface area contributed by atoms with Crippen LogP contribution in [0.1, 0.15) is 13.3 Å². The molecule has 0 N–H and O–H groups in total. The predicted octanol–water partition coefficient (Wildman–Crippen LogP) is 4.25. The number of allylic oxidation sites excluding steroid dienone is 4. The van der Waals surface area contributed by atoms with Gasteiger partial charge in [0.1, 0.15) is 0 Å². The Morgan fingerprint density at radius 3 is 2.50 bits per heavy atom. The summed E-state index contributed by atoms with van der Waals surface area (Å²) in [6.45, 7) is 1.12. The lowest BCUT2D eigenvalue weighted by Crippen LogP contribution is -2.24. The van der Waals surface area contributed by atoms with Crippen LogP contribution in [-0.4, -0.2) is 11.6 Å². The van der Waals surface area contributed by atoms with Gasteiger partial charge in [-0.25, -0.2) is 0 Å². The molecule has 80 valence electrons. The minimum absolute atomic E-state index is 0.207. The summed E-state index contributed by atoms with van der Waals surface area (Å²) in [5, 5.41) is -0.158. The minimum Gasteiger partial charge on any atom is -0.170 e. The molecule has 0 bridgehead atoms. The number of hydrogen-bond donors (Lipinski definition) is 0. The molecule has 0 amide bonds. The van der Waals surface area contributed by atoms with Crippen LogP contribution in [0.15, 0.2) is 22.8 Å². The zero-order valence-corrected chi connectivity index (χ0v) is 8.92. The van der Waals surface area contributed by atoms with Crippen LogP contribution in [0, 0.1) is 5.92 Å². The standard InChI is InChI=1S/C9H9Cl2F3/c1-5(9(12,13)14)6-2-7(10)4-8(11)3-6/h2,4-5,8H,3H2,1H3/t5-,8-/m0/s1. The van der Waals surface area contributed by atoms with Crippen LogP contribution in [0.25, 0.3) is 0 Å². The van der Waals surface area contributed by atoms with E-state index < -0.39 is 17.5 Å². The third kappa shape index (κ3) is 2.92. The molecular formula is C9H9Cl2F3. The molecule has 0 aliphatic heterocycles. The van der Waals surface area contributed by atoms with Crippen molar-refractivity contribution in [2.45, 2.75) is 24.9 Å². The van der Waals surface area contributed by atoms with Crippen molar-refractivity contribution >= 4 is 23.2 Å². The summed E-state index contributed by atoms with van der Waals surface area (Å²) in [6, 6.07) is 0. The average Bonchev–Trinajstić information content (AvgIpc) is 1.99. The summed E-state index contributed by atoms with van der Waals surface area (Å²) < 4.78 is 37.0. The fourth-order valence-corrected chi connectivity index (χ4v) is 1.92. The summed E-state index contributed by atoms with van der Waals surface area (Å²) >= 11 is 11.4. The van der Waals surface area contributed by atoms with Crippen LogP contribution in [0.5, 0.6) is 0 Å². The minimum atomic E-state index is -4.23. The van der Waals surface area contributed by atoms with E-state index in [4.69, 9.17) is 23.2 Å². The van der Waals surface area contributed by atoms with E-state index in [2.05, 4.69) is 0 Å². The smallest absolute Gasteiger partial charge is 0.170 e. The van der Waals surface area contributed by atoms with E-state index in [1.807, 2.05) is 0 Å². The Bertz CT molecular complexity index is 278. The molecule has 14 heavy (non-hydrogen) atoms. The molecule has 0 radical (unpaired) electrons. The Labute approximate surface area is 90.4 Å². The van der Waals surface area contributed by atoms with Crippen molar-refractivity contribution < 1.29 is 13.2 Å². The highest BCUT2D eigenvalue weighted by Gasteiger charge is 2.39. The highest BCUT2D eigenvalue weighted by atomic mass is 35.5. The first-order valence-corrected chi connectivity index (χ1v) is 4.90. The van der Waals surface area contributed by atoms with Gasteiger partial charge in [-0.2, -0.15) is 13.2 Å². The van der Waals surface area contributed by atoms with Gasteiger partial charge in [-0.1, -0.05) is 17.2 Å². The molecule has 2 atom stereocenters. The molecule has 0 aromatic carbocycles. The number of alkyl halides is 4. The van der Waals surface area contributed by atoms with Crippen LogP contribution in [-0.2, 0) is 0 Å². The summed E-state index contributed by atoms with van der Waals surface area (Å²) in [4.78, 5) is 0. The van der Waals surface area contributed by atoms with Crippen LogP contribution in [0.2, 0.25) is 0 Å². The van der Waals surface area contributed by atoms with Gasteiger partial charge in [-0.3, -0.25) is 0 Å². The second-order valence-electron chi connectivity index (χ2n) is 3.25. The molecule has 0 aromatic heterocycles. The first-order valence-electron chi connectivity index (χ1n) is 4.09. The van der Waals surface area contributed by atoms with E-state index in [0.29, 0.717) is 0 Å². The Kier molecular flexibility index (Phi) is 3.53. The molecular weight excluding hydrogens is 236 g/mol. The Morgan fingerprint density at radius 1 is 1.50 bits per heavy atom. The quantitative estimate of drug-likeness (QED) is 0.606. The number of halogens is 5. The topological polar surface area (TPSA) is 0 Å². The lowest BCUT2D eigenvalue weighted by atomic mass is 9.93. The van der Waals surface area contributed by atoms with E-state index in [9.17, 15) is 13.2 Å². The Balaban J connectivity index is 2.84. The molecule has 1 aliphatic rings. The molecule has 0 spiro atoms. The molecule has 5 heteroatoms. The van der Waals surface area contributed by atoms with Gasteiger partial charge in [0, 0.05) is 5.03 Å². The summed E-state index contributed by atoms with van der Waals surface area (Å²) in [6.07, 6.45) is -1.14. The first-order chi connectivity index (χ1) is 6.30. The molecule has 0 saturated heterocycles. The van der Waals surface area contributed by atoms with E-state index in [-0.39, 0.29) is 17.0 Å². The highest BCUT2D eigenvalue weighted by molar-refractivity contribution is 6.32. The fourth-order valence-electron chi connectivity index (χ4n) is 1.25. The molecule has 1 aliphatic carbocycles. The van der Waals surface area contributed by atoms with E-state index >= 15 is 0 Å². The molecule has 0 fully saturated rings. The number of rotatable bonds is 1. The van der Waals surface area contributed by atoms with Crippen LogP contribution < -0.4 is 0 Å². The molecule has 0 aromatic rings. The van der Waals surface area contributed by atoms with Gasteiger partial charge >= 0.3 is 6.18 Å². The first kappa shape index (κ1) is 11.9. The van der Waals surface area contributed by atoms with Gasteiger partial charge in [0.25, 0.3) is 0 Å². The zero-order chi connectivity index (χ0) is 10.9. The summed E-state index contributed by atoms with van der Waals surface area (Å²) in [5.41, 5.74) is 0.241. The van der Waals surface area contributed by atoms with E-state index in [1.54, 1.807) is 0 Å². The predicted molar refractivity (Wildman–Crippen MR) is 51.5 cm³/mol. The van der Waals surface area contributed by atoms with Crippen molar-refractivity contribution in [3.8, 4) is 0 Å². The highest BCUT2D eigenvalue weighted by Crippen LogP contribution is 2.37. The van der Waals surface area contributed by atoms with Crippen molar-refractivity contribution in [1.29, 1.82) is 0 Å². The second kappa shape index (κ2) is 4.15. The third-order valence-electron chi connectivity index (χ3n) is 2.14. The van der Waals surface area contributed by atoms with E-state index in [1.165, 1.54) is 12.2 Å². The van der Waals surface area contributed by atoms with Crippen LogP contribution in [0.4, 0.5) is 13.2 Å². The lowest BCUT2D eigenvalue weighted by Gasteiger charge is -2.22. The normalized spacial score (nSPS) is 25.4. The zero-order valence-electron chi connectivity index (χ0n) is 7.41. The Hall–Kier alpha value is -0.150. The van der Waals surface area contributed by atoms with Gasteiger partial charge < -0.3 is 0 Å². The van der Waals surface area contributed by atoms with Crippen LogP contribution >= 0.6 is 23.2 Å². The van der Waals surface area contributed by atoms with E-state index in [0.717, 1.165) is 6.92 Å². The van der Waals surface area contributed by atoms with Gasteiger partial charge in [0.05, 0.1) is 11.3 Å². The largest absolute Gasteiger partial charge is 0.395 e. The SMILES string of the molecule is C[C@@H](C1=CC(Cl)=C[C@@H](Cl)C1)C(F)(F)F. The Morgan fingerprint density at radius 2 is 2.07 bits per heavy atom. The summed E-state index contributed by atoms with van der Waals surface area (Å²) in [5.74, 6) is -1.48. The van der Waals surface area contributed by atoms with Crippen molar-refractivity contribution in [3.05, 3.63) is 22.8 Å². The average molecular weight is 245 g/mol. The maximum atomic E-state index is 12.3. The maximum absolute atomic E-state index is 12.3. The van der Waals surface area contributed by atoms with Crippen molar-refractivity contribution in [3.63, 3.8) is 0 Å². The third-order valence-corrected chi connectivity index (χ3v) is 2.66. The van der Waals surface area contributed by atoms with Crippen LogP contribution in [0.3, 0.4) is 0 Å². The molecule has 1 rings (SSSR count).